The highest BCUT2D eigenvalue weighted by atomic mass is 79.9. The molecule has 4 aliphatic heterocycles. The number of nitrogens with zero attached hydrogens (tertiary/aromatic N) is 4. The van der Waals surface area contributed by atoms with Gasteiger partial charge in [-0.3, -0.25) is 9.69 Å². The molecule has 2 atom stereocenters. The Kier molecular flexibility index (Phi) is 10.1. The number of urea groups is 2. The fourth-order valence-corrected chi connectivity index (χ4v) is 8.81. The van der Waals surface area contributed by atoms with Gasteiger partial charge in [-0.25, -0.2) is 9.59 Å². The van der Waals surface area contributed by atoms with E-state index in [4.69, 9.17) is 0 Å². The molecule has 11 heteroatoms. The van der Waals surface area contributed by atoms with E-state index in [1.807, 2.05) is 53.1 Å². The number of halogens is 2. The lowest BCUT2D eigenvalue weighted by molar-refractivity contribution is -0.134. The van der Waals surface area contributed by atoms with E-state index in [1.165, 1.54) is 12.8 Å². The third-order valence-corrected chi connectivity index (χ3v) is 11.9. The average Bonchev–Trinajstić information content (AvgIpc) is 3.48. The van der Waals surface area contributed by atoms with Gasteiger partial charge < -0.3 is 25.3 Å². The minimum Gasteiger partial charge on any atom is -0.341 e. The predicted molar refractivity (Wildman–Crippen MR) is 183 cm³/mol. The van der Waals surface area contributed by atoms with Gasteiger partial charge in [-0.05, 0) is 93.8 Å². The Morgan fingerprint density at radius 1 is 0.933 bits per heavy atom. The Bertz CT molecular complexity index is 1400. The van der Waals surface area contributed by atoms with Gasteiger partial charge in [0.25, 0.3) is 0 Å². The molecule has 2 N–H and O–H groups in total. The van der Waals surface area contributed by atoms with Crippen LogP contribution >= 0.6 is 31.9 Å². The highest BCUT2D eigenvalue weighted by molar-refractivity contribution is 9.11. The number of rotatable bonds is 6. The molecule has 0 bridgehead atoms. The first kappa shape index (κ1) is 32.3. The Hall–Kier alpha value is -2.63. The first-order chi connectivity index (χ1) is 21.7. The quantitative estimate of drug-likeness (QED) is 0.373. The predicted octanol–water partition coefficient (Wildman–Crippen LogP) is 6.13. The maximum Gasteiger partial charge on any atom is 0.322 e. The van der Waals surface area contributed by atoms with E-state index in [2.05, 4.69) is 54.3 Å². The van der Waals surface area contributed by atoms with E-state index in [1.54, 1.807) is 4.90 Å². The monoisotopic (exact) mass is 742 g/mol. The molecule has 5 amide bonds. The maximum atomic E-state index is 14.0. The Labute approximate surface area is 283 Å². The molecule has 0 aliphatic carbocycles. The Morgan fingerprint density at radius 3 is 2.24 bits per heavy atom. The van der Waals surface area contributed by atoms with Gasteiger partial charge in [-0.2, -0.15) is 0 Å². The topological polar surface area (TPSA) is 88.2 Å². The number of hydrogen-bond donors (Lipinski definition) is 2. The van der Waals surface area contributed by atoms with Crippen molar-refractivity contribution in [1.82, 2.24) is 24.9 Å². The van der Waals surface area contributed by atoms with Crippen LogP contribution in [-0.2, 0) is 17.8 Å². The van der Waals surface area contributed by atoms with Crippen LogP contribution in [0.1, 0.15) is 62.1 Å². The fraction of sp³-hybridized carbons (Fsp3) is 0.559. The van der Waals surface area contributed by atoms with Crippen molar-refractivity contribution in [3.8, 4) is 0 Å². The normalized spacial score (nSPS) is 22.3. The summed E-state index contributed by atoms with van der Waals surface area (Å²) in [7, 11) is 0. The lowest BCUT2D eigenvalue weighted by Crippen LogP contribution is -2.57. The van der Waals surface area contributed by atoms with E-state index < -0.39 is 6.04 Å². The number of amides is 5. The first-order valence-corrected chi connectivity index (χ1v) is 18.0. The molecular formula is C34H44Br2N6O3. The lowest BCUT2D eigenvalue weighted by Gasteiger charge is -2.41. The van der Waals surface area contributed by atoms with Gasteiger partial charge in [0.05, 0.1) is 0 Å². The Morgan fingerprint density at radius 2 is 1.58 bits per heavy atom. The molecule has 0 radical (unpaired) electrons. The van der Waals surface area contributed by atoms with Crippen LogP contribution in [0, 0.1) is 6.92 Å². The molecule has 9 nitrogen and oxygen atoms in total. The van der Waals surface area contributed by atoms with Gasteiger partial charge in [0.1, 0.15) is 6.04 Å². The lowest BCUT2D eigenvalue weighted by atomic mass is 9.99. The molecule has 0 saturated carbocycles. The average molecular weight is 745 g/mol. The van der Waals surface area contributed by atoms with E-state index in [9.17, 15) is 14.4 Å². The molecule has 242 valence electrons. The van der Waals surface area contributed by atoms with Crippen LogP contribution in [0.4, 0.5) is 15.3 Å². The SMILES string of the molecule is Cc1c(Br)cc(CC(NC(=O)N2CCC(N3Cc4ccccc4NC3=O)CC2)C(=O)N2CCC(N3CCC[C@H]3C)CC2)cc1Br. The zero-order valence-corrected chi connectivity index (χ0v) is 29.4. The zero-order chi connectivity index (χ0) is 31.7. The number of carbonyl (C=O) groups is 3. The molecule has 4 aliphatic rings. The van der Waals surface area contributed by atoms with E-state index in [-0.39, 0.29) is 24.0 Å². The number of anilines is 1. The van der Waals surface area contributed by atoms with Crippen LogP contribution in [-0.4, -0.2) is 94.5 Å². The third kappa shape index (κ3) is 7.20. The van der Waals surface area contributed by atoms with E-state index in [0.717, 1.165) is 50.7 Å². The van der Waals surface area contributed by atoms with Crippen molar-refractivity contribution in [2.45, 2.75) is 89.5 Å². The minimum absolute atomic E-state index is 0.0115. The number of para-hydroxylation sites is 1. The summed E-state index contributed by atoms with van der Waals surface area (Å²) in [4.78, 5) is 48.9. The van der Waals surface area contributed by atoms with Gasteiger partial charge in [-0.1, -0.05) is 50.1 Å². The molecule has 3 fully saturated rings. The molecule has 4 heterocycles. The summed E-state index contributed by atoms with van der Waals surface area (Å²) >= 11 is 7.30. The van der Waals surface area contributed by atoms with Crippen LogP contribution in [0.3, 0.4) is 0 Å². The molecule has 6 rings (SSSR count). The number of fused-ring (bicyclic) bond motifs is 1. The number of likely N-dealkylation sites (tertiary alicyclic amines) is 3. The molecule has 3 saturated heterocycles. The molecular weight excluding hydrogens is 700 g/mol. The largest absolute Gasteiger partial charge is 0.341 e. The Balaban J connectivity index is 1.10. The van der Waals surface area contributed by atoms with E-state index in [0.29, 0.717) is 64.1 Å². The summed E-state index contributed by atoms with van der Waals surface area (Å²) in [6.45, 7) is 8.57. The van der Waals surface area contributed by atoms with Crippen molar-refractivity contribution in [1.29, 1.82) is 0 Å². The van der Waals surface area contributed by atoms with Crippen LogP contribution in [0.15, 0.2) is 45.3 Å². The number of benzene rings is 2. The van der Waals surface area contributed by atoms with Crippen molar-refractivity contribution >= 4 is 55.5 Å². The van der Waals surface area contributed by atoms with Crippen molar-refractivity contribution < 1.29 is 14.4 Å². The highest BCUT2D eigenvalue weighted by Crippen LogP contribution is 2.30. The van der Waals surface area contributed by atoms with Crippen LogP contribution in [0.25, 0.3) is 0 Å². The van der Waals surface area contributed by atoms with Crippen LogP contribution in [0.2, 0.25) is 0 Å². The summed E-state index contributed by atoms with van der Waals surface area (Å²) in [5.74, 6) is -0.0115. The van der Waals surface area contributed by atoms with Crippen molar-refractivity contribution in [3.63, 3.8) is 0 Å². The zero-order valence-electron chi connectivity index (χ0n) is 26.2. The van der Waals surface area contributed by atoms with Gasteiger partial charge in [0, 0.05) is 71.9 Å². The highest BCUT2D eigenvalue weighted by Gasteiger charge is 2.36. The van der Waals surface area contributed by atoms with Crippen molar-refractivity contribution in [2.24, 2.45) is 0 Å². The maximum absolute atomic E-state index is 14.0. The summed E-state index contributed by atoms with van der Waals surface area (Å²) in [5.41, 5.74) is 4.05. The molecule has 0 spiro atoms. The second kappa shape index (κ2) is 14.0. The summed E-state index contributed by atoms with van der Waals surface area (Å²) in [6.07, 6.45) is 6.26. The van der Waals surface area contributed by atoms with Crippen molar-refractivity contribution in [2.75, 3.05) is 38.0 Å². The summed E-state index contributed by atoms with van der Waals surface area (Å²) < 4.78 is 1.94. The molecule has 0 aromatic heterocycles. The smallest absolute Gasteiger partial charge is 0.322 e. The number of piperidine rings is 2. The number of nitrogens with one attached hydrogen (secondary N) is 2. The number of carbonyl (C=O) groups excluding carboxylic acids is 3. The van der Waals surface area contributed by atoms with Gasteiger partial charge >= 0.3 is 12.1 Å². The standard InChI is InChI=1S/C34H44Br2N6O3/c1-22-6-5-13-41(22)26-9-14-39(15-10-26)32(43)31(20-24-18-28(35)23(2)29(36)19-24)38-33(44)40-16-11-27(12-17-40)42-21-25-7-3-4-8-30(25)37-34(42)45/h3-4,7-8,18-19,22,26-27,31H,5-6,9-17,20-21H2,1-2H3,(H,37,45)(H,38,44)/t22-,31?/m1/s1. The third-order valence-electron chi connectivity index (χ3n) is 10.3. The number of hydrogen-bond acceptors (Lipinski definition) is 4. The van der Waals surface area contributed by atoms with Gasteiger partial charge in [0.15, 0.2) is 0 Å². The molecule has 1 unspecified atom stereocenters. The summed E-state index contributed by atoms with van der Waals surface area (Å²) in [5, 5.41) is 6.15. The van der Waals surface area contributed by atoms with Gasteiger partial charge in [0.2, 0.25) is 5.91 Å². The second-order valence-electron chi connectivity index (χ2n) is 13.1. The molecule has 2 aromatic rings. The molecule has 45 heavy (non-hydrogen) atoms. The van der Waals surface area contributed by atoms with Crippen LogP contribution in [0.5, 0.6) is 0 Å². The van der Waals surface area contributed by atoms with E-state index >= 15 is 0 Å². The molecule has 2 aromatic carbocycles. The summed E-state index contributed by atoms with van der Waals surface area (Å²) in [6, 6.07) is 12.2. The van der Waals surface area contributed by atoms with Gasteiger partial charge in [-0.15, -0.1) is 0 Å². The minimum atomic E-state index is -0.664. The fourth-order valence-electron chi connectivity index (χ4n) is 7.53. The first-order valence-electron chi connectivity index (χ1n) is 16.4. The van der Waals surface area contributed by atoms with Crippen LogP contribution < -0.4 is 10.6 Å². The van der Waals surface area contributed by atoms with Crippen molar-refractivity contribution in [3.05, 3.63) is 62.0 Å². The second-order valence-corrected chi connectivity index (χ2v) is 14.8.